The third kappa shape index (κ3) is 4.51. The van der Waals surface area contributed by atoms with Gasteiger partial charge < -0.3 is 19.7 Å². The fraction of sp³-hybridized carbons (Fsp3) is 0.250. The van der Waals surface area contributed by atoms with Gasteiger partial charge in [0.2, 0.25) is 0 Å². The summed E-state index contributed by atoms with van der Waals surface area (Å²) in [6.07, 6.45) is 0. The number of carbonyl (C=O) groups excluding carboxylic acids is 3. The molecule has 1 fully saturated rings. The minimum absolute atomic E-state index is 0.115. The van der Waals surface area contributed by atoms with E-state index in [1.54, 1.807) is 53.4 Å². The molecule has 0 bridgehead atoms. The lowest BCUT2D eigenvalue weighted by Crippen LogP contribution is -2.40. The number of carbonyl (C=O) groups is 3. The van der Waals surface area contributed by atoms with E-state index in [1.807, 2.05) is 0 Å². The highest BCUT2D eigenvalue weighted by Gasteiger charge is 2.19. The smallest absolute Gasteiger partial charge is 0.337 e. The molecular formula is C20H20N2O5. The van der Waals surface area contributed by atoms with Crippen LogP contribution < -0.4 is 5.32 Å². The highest BCUT2D eigenvalue weighted by Crippen LogP contribution is 2.14. The molecule has 7 nitrogen and oxygen atoms in total. The Bertz CT molecular complexity index is 842. The number of esters is 1. The average Bonchev–Trinajstić information content (AvgIpc) is 2.74. The summed E-state index contributed by atoms with van der Waals surface area (Å²) in [6.45, 7) is 2.13. The SMILES string of the molecule is COC(=O)c1ccc(NC(=O)c2cccc(C(=O)N3CCOCC3)c2)cc1. The van der Waals surface area contributed by atoms with Gasteiger partial charge in [-0.1, -0.05) is 6.07 Å². The predicted octanol–water partition coefficient (Wildman–Crippen LogP) is 2.20. The number of rotatable bonds is 4. The molecule has 140 valence electrons. The molecule has 1 aliphatic rings. The summed E-state index contributed by atoms with van der Waals surface area (Å²) in [5.74, 6) is -0.893. The molecule has 0 unspecified atom stereocenters. The van der Waals surface area contributed by atoms with Crippen molar-refractivity contribution in [2.45, 2.75) is 0 Å². The van der Waals surface area contributed by atoms with Gasteiger partial charge in [-0.3, -0.25) is 9.59 Å². The van der Waals surface area contributed by atoms with Crippen molar-refractivity contribution in [1.29, 1.82) is 0 Å². The van der Waals surface area contributed by atoms with E-state index in [0.717, 1.165) is 0 Å². The molecule has 1 heterocycles. The van der Waals surface area contributed by atoms with Gasteiger partial charge in [0.05, 0.1) is 25.9 Å². The molecule has 1 saturated heterocycles. The molecule has 1 N–H and O–H groups in total. The number of ether oxygens (including phenoxy) is 2. The molecule has 7 heteroatoms. The van der Waals surface area contributed by atoms with Crippen molar-refractivity contribution in [1.82, 2.24) is 4.90 Å². The minimum atomic E-state index is -0.442. The number of hydrogen-bond acceptors (Lipinski definition) is 5. The Hall–Kier alpha value is -3.19. The molecule has 0 saturated carbocycles. The van der Waals surface area contributed by atoms with Crippen molar-refractivity contribution < 1.29 is 23.9 Å². The Morgan fingerprint density at radius 2 is 1.63 bits per heavy atom. The first-order chi connectivity index (χ1) is 13.1. The fourth-order valence-electron chi connectivity index (χ4n) is 2.75. The van der Waals surface area contributed by atoms with Crippen molar-refractivity contribution in [2.24, 2.45) is 0 Å². The summed E-state index contributed by atoms with van der Waals surface area (Å²) in [4.78, 5) is 38.2. The molecule has 0 aromatic heterocycles. The van der Waals surface area contributed by atoms with Crippen LogP contribution in [0.25, 0.3) is 0 Å². The van der Waals surface area contributed by atoms with E-state index in [0.29, 0.717) is 48.7 Å². The van der Waals surface area contributed by atoms with Crippen molar-refractivity contribution in [3.8, 4) is 0 Å². The maximum Gasteiger partial charge on any atom is 0.337 e. The molecule has 0 atom stereocenters. The Kier molecular flexibility index (Phi) is 5.83. The highest BCUT2D eigenvalue weighted by atomic mass is 16.5. The minimum Gasteiger partial charge on any atom is -0.465 e. The number of hydrogen-bond donors (Lipinski definition) is 1. The van der Waals surface area contributed by atoms with E-state index in [4.69, 9.17) is 4.74 Å². The van der Waals surface area contributed by atoms with E-state index in [1.165, 1.54) is 7.11 Å². The zero-order valence-electron chi connectivity index (χ0n) is 14.9. The Morgan fingerprint density at radius 1 is 0.963 bits per heavy atom. The molecule has 1 aliphatic heterocycles. The van der Waals surface area contributed by atoms with Gasteiger partial charge in [0.15, 0.2) is 0 Å². The largest absolute Gasteiger partial charge is 0.465 e. The number of methoxy groups -OCH3 is 1. The van der Waals surface area contributed by atoms with Gasteiger partial charge in [0.1, 0.15) is 0 Å². The standard InChI is InChI=1S/C20H20N2O5/c1-26-20(25)14-5-7-17(8-6-14)21-18(23)15-3-2-4-16(13-15)19(24)22-9-11-27-12-10-22/h2-8,13H,9-12H2,1H3,(H,21,23). The van der Waals surface area contributed by atoms with Crippen LogP contribution in [0.2, 0.25) is 0 Å². The lowest BCUT2D eigenvalue weighted by molar-refractivity contribution is 0.0303. The molecule has 27 heavy (non-hydrogen) atoms. The number of amides is 2. The van der Waals surface area contributed by atoms with Crippen molar-refractivity contribution >= 4 is 23.5 Å². The average molecular weight is 368 g/mol. The van der Waals surface area contributed by atoms with Crippen LogP contribution in [0.15, 0.2) is 48.5 Å². The second-order valence-electron chi connectivity index (χ2n) is 6.01. The normalized spacial score (nSPS) is 13.7. The molecule has 0 spiro atoms. The lowest BCUT2D eigenvalue weighted by atomic mass is 10.1. The van der Waals surface area contributed by atoms with E-state index in [2.05, 4.69) is 10.1 Å². The fourth-order valence-corrected chi connectivity index (χ4v) is 2.75. The van der Waals surface area contributed by atoms with Crippen LogP contribution in [-0.4, -0.2) is 56.1 Å². The number of anilines is 1. The molecule has 2 amide bonds. The van der Waals surface area contributed by atoms with Gasteiger partial charge in [0, 0.05) is 29.9 Å². The first kappa shape index (κ1) is 18.6. The predicted molar refractivity (Wildman–Crippen MR) is 98.9 cm³/mol. The van der Waals surface area contributed by atoms with Crippen LogP contribution in [0.5, 0.6) is 0 Å². The third-order valence-corrected chi connectivity index (χ3v) is 4.23. The Labute approximate surface area is 156 Å². The Balaban J connectivity index is 1.69. The number of nitrogens with zero attached hydrogens (tertiary/aromatic N) is 1. The lowest BCUT2D eigenvalue weighted by Gasteiger charge is -2.27. The first-order valence-electron chi connectivity index (χ1n) is 8.55. The topological polar surface area (TPSA) is 84.9 Å². The van der Waals surface area contributed by atoms with E-state index < -0.39 is 5.97 Å². The maximum absolute atomic E-state index is 12.6. The monoisotopic (exact) mass is 368 g/mol. The van der Waals surface area contributed by atoms with E-state index in [9.17, 15) is 14.4 Å². The molecule has 2 aromatic carbocycles. The third-order valence-electron chi connectivity index (χ3n) is 4.23. The van der Waals surface area contributed by atoms with E-state index in [-0.39, 0.29) is 11.8 Å². The van der Waals surface area contributed by atoms with Gasteiger partial charge in [0.25, 0.3) is 11.8 Å². The van der Waals surface area contributed by atoms with Crippen LogP contribution >= 0.6 is 0 Å². The summed E-state index contributed by atoms with van der Waals surface area (Å²) >= 11 is 0. The van der Waals surface area contributed by atoms with Crippen molar-refractivity contribution in [2.75, 3.05) is 38.7 Å². The van der Waals surface area contributed by atoms with Crippen molar-refractivity contribution in [3.05, 3.63) is 65.2 Å². The van der Waals surface area contributed by atoms with Gasteiger partial charge in [-0.25, -0.2) is 4.79 Å². The Morgan fingerprint density at radius 3 is 2.30 bits per heavy atom. The van der Waals surface area contributed by atoms with Crippen molar-refractivity contribution in [3.63, 3.8) is 0 Å². The zero-order chi connectivity index (χ0) is 19.2. The summed E-state index contributed by atoms with van der Waals surface area (Å²) in [7, 11) is 1.31. The van der Waals surface area contributed by atoms with Crippen LogP contribution in [0, 0.1) is 0 Å². The van der Waals surface area contributed by atoms with Crippen LogP contribution in [0.1, 0.15) is 31.1 Å². The van der Waals surface area contributed by atoms with Crippen LogP contribution in [0.3, 0.4) is 0 Å². The number of morpholine rings is 1. The highest BCUT2D eigenvalue weighted by molar-refractivity contribution is 6.06. The summed E-state index contributed by atoms with van der Waals surface area (Å²) < 4.78 is 9.90. The zero-order valence-corrected chi connectivity index (χ0v) is 14.9. The number of benzene rings is 2. The summed E-state index contributed by atoms with van der Waals surface area (Å²) in [5, 5.41) is 2.75. The molecule has 3 rings (SSSR count). The summed E-state index contributed by atoms with van der Waals surface area (Å²) in [5.41, 5.74) is 1.78. The second kappa shape index (κ2) is 8.46. The van der Waals surface area contributed by atoms with Gasteiger partial charge in [-0.05, 0) is 42.5 Å². The number of nitrogens with one attached hydrogen (secondary N) is 1. The van der Waals surface area contributed by atoms with Gasteiger partial charge in [-0.2, -0.15) is 0 Å². The molecule has 0 aliphatic carbocycles. The van der Waals surface area contributed by atoms with Crippen LogP contribution in [0.4, 0.5) is 5.69 Å². The summed E-state index contributed by atoms with van der Waals surface area (Å²) in [6, 6.07) is 13.0. The maximum atomic E-state index is 12.6. The second-order valence-corrected chi connectivity index (χ2v) is 6.01. The first-order valence-corrected chi connectivity index (χ1v) is 8.55. The van der Waals surface area contributed by atoms with Gasteiger partial charge >= 0.3 is 5.97 Å². The molecule has 2 aromatic rings. The van der Waals surface area contributed by atoms with E-state index >= 15 is 0 Å². The van der Waals surface area contributed by atoms with Crippen LogP contribution in [-0.2, 0) is 9.47 Å². The quantitative estimate of drug-likeness (QED) is 0.837. The molecular weight excluding hydrogens is 348 g/mol. The van der Waals surface area contributed by atoms with Gasteiger partial charge in [-0.15, -0.1) is 0 Å². The molecule has 0 radical (unpaired) electrons.